The van der Waals surface area contributed by atoms with Crippen LogP contribution in [0.25, 0.3) is 10.9 Å². The summed E-state index contributed by atoms with van der Waals surface area (Å²) in [6, 6.07) is 3.90. The molecule has 1 aromatic heterocycles. The quantitative estimate of drug-likeness (QED) is 0.632. The van der Waals surface area contributed by atoms with E-state index in [1.807, 2.05) is 46.1 Å². The first-order valence-corrected chi connectivity index (χ1v) is 7.33. The van der Waals surface area contributed by atoms with E-state index in [9.17, 15) is 0 Å². The monoisotopic (exact) mass is 304 g/mol. The van der Waals surface area contributed by atoms with Crippen molar-refractivity contribution in [3.05, 3.63) is 18.3 Å². The third kappa shape index (κ3) is 2.71. The van der Waals surface area contributed by atoms with Crippen LogP contribution in [0.2, 0.25) is 0 Å². The summed E-state index contributed by atoms with van der Waals surface area (Å²) < 4.78 is 24.5. The average Bonchev–Trinajstić information content (AvgIpc) is 2.93. The maximum Gasteiger partial charge on any atom is 0.498 e. The van der Waals surface area contributed by atoms with Crippen molar-refractivity contribution in [2.45, 2.75) is 32.5 Å². The van der Waals surface area contributed by atoms with Crippen molar-refractivity contribution in [1.29, 1.82) is 0 Å². The molecule has 0 N–H and O–H groups in total. The number of methoxy groups -OCH3 is 1. The zero-order chi connectivity index (χ0) is 15.9. The van der Waals surface area contributed by atoms with Crippen LogP contribution in [0.3, 0.4) is 0 Å². The van der Waals surface area contributed by atoms with Gasteiger partial charge in [0, 0.05) is 37.3 Å². The van der Waals surface area contributed by atoms with E-state index in [2.05, 4.69) is 5.10 Å². The minimum absolute atomic E-state index is 0.00243. The van der Waals surface area contributed by atoms with Crippen LogP contribution in [0.4, 0.5) is 0 Å². The predicted molar refractivity (Wildman–Crippen MR) is 84.3 cm³/mol. The van der Waals surface area contributed by atoms with E-state index in [-0.39, 0.29) is 18.5 Å². The van der Waals surface area contributed by atoms with Crippen LogP contribution in [0.1, 0.15) is 20.8 Å². The first-order chi connectivity index (χ1) is 10.4. The number of aryl methyl sites for hydroxylation is 1. The van der Waals surface area contributed by atoms with Gasteiger partial charge in [-0.15, -0.1) is 0 Å². The molecule has 7 heteroatoms. The summed E-state index contributed by atoms with van der Waals surface area (Å²) >= 11 is 0. The Kier molecular flexibility index (Phi) is 3.88. The van der Waals surface area contributed by atoms with Crippen LogP contribution in [-0.4, -0.2) is 42.5 Å². The summed E-state index contributed by atoms with van der Waals surface area (Å²) in [6.07, 6.45) is 1.96. The zero-order valence-corrected chi connectivity index (χ0v) is 13.6. The van der Waals surface area contributed by atoms with Crippen LogP contribution >= 0.6 is 0 Å². The molecule has 6 nitrogen and oxygen atoms in total. The minimum atomic E-state index is -0.457. The van der Waals surface area contributed by atoms with E-state index in [4.69, 9.17) is 18.8 Å². The lowest BCUT2D eigenvalue weighted by Gasteiger charge is -2.21. The third-order valence-corrected chi connectivity index (χ3v) is 4.05. The summed E-state index contributed by atoms with van der Waals surface area (Å²) in [4.78, 5) is 0. The fraction of sp³-hybridized carbons (Fsp3) is 0.533. The van der Waals surface area contributed by atoms with E-state index >= 15 is 0 Å². The SMILES string of the molecule is COCOc1cc2nn(C)cc2cc1B1OC(C)C(C)(C)O1. The number of hydrogen-bond acceptors (Lipinski definition) is 5. The number of ether oxygens (including phenoxy) is 2. The van der Waals surface area contributed by atoms with Gasteiger partial charge in [0.25, 0.3) is 0 Å². The van der Waals surface area contributed by atoms with Crippen LogP contribution < -0.4 is 10.2 Å². The molecule has 0 spiro atoms. The van der Waals surface area contributed by atoms with Crippen molar-refractivity contribution in [2.24, 2.45) is 7.05 Å². The lowest BCUT2D eigenvalue weighted by Crippen LogP contribution is -2.36. The first kappa shape index (κ1) is 15.3. The van der Waals surface area contributed by atoms with Crippen molar-refractivity contribution < 1.29 is 18.8 Å². The van der Waals surface area contributed by atoms with Crippen molar-refractivity contribution in [2.75, 3.05) is 13.9 Å². The topological polar surface area (TPSA) is 54.7 Å². The number of fused-ring (bicyclic) bond motifs is 1. The van der Waals surface area contributed by atoms with E-state index in [0.29, 0.717) is 5.75 Å². The number of aromatic nitrogens is 2. The summed E-state index contributed by atoms with van der Waals surface area (Å²) in [7, 11) is 3.03. The van der Waals surface area contributed by atoms with Gasteiger partial charge in [0.2, 0.25) is 0 Å². The number of hydrogen-bond donors (Lipinski definition) is 0. The lowest BCUT2D eigenvalue weighted by atomic mass is 9.78. The van der Waals surface area contributed by atoms with E-state index in [1.54, 1.807) is 11.8 Å². The normalized spacial score (nSPS) is 20.8. The van der Waals surface area contributed by atoms with Crippen LogP contribution in [0.5, 0.6) is 5.75 Å². The Labute approximate surface area is 130 Å². The molecule has 0 bridgehead atoms. The molecule has 0 radical (unpaired) electrons. The molecule has 1 aliphatic rings. The van der Waals surface area contributed by atoms with Gasteiger partial charge in [-0.05, 0) is 26.8 Å². The van der Waals surface area contributed by atoms with Crippen LogP contribution in [-0.2, 0) is 21.1 Å². The highest BCUT2D eigenvalue weighted by Gasteiger charge is 2.45. The third-order valence-electron chi connectivity index (χ3n) is 4.05. The zero-order valence-electron chi connectivity index (χ0n) is 13.6. The van der Waals surface area contributed by atoms with Crippen LogP contribution in [0, 0.1) is 0 Å². The molecule has 1 unspecified atom stereocenters. The van der Waals surface area contributed by atoms with E-state index in [0.717, 1.165) is 16.4 Å². The molecule has 1 aliphatic heterocycles. The first-order valence-electron chi connectivity index (χ1n) is 7.33. The van der Waals surface area contributed by atoms with Gasteiger partial charge < -0.3 is 18.8 Å². The van der Waals surface area contributed by atoms with Crippen LogP contribution in [0.15, 0.2) is 18.3 Å². The number of nitrogens with zero attached hydrogens (tertiary/aromatic N) is 2. The summed E-state index contributed by atoms with van der Waals surface area (Å²) in [6.45, 7) is 6.22. The molecule has 0 aliphatic carbocycles. The predicted octanol–water partition coefficient (Wildman–Crippen LogP) is 1.47. The standard InChI is InChI=1S/C15H21BN2O4/c1-10-15(2,3)22-16(21-10)12-6-11-8-18(4)17-13(11)7-14(12)20-9-19-5/h6-8,10H,9H2,1-5H3. The fourth-order valence-corrected chi connectivity index (χ4v) is 2.51. The number of benzene rings is 1. The van der Waals surface area contributed by atoms with Gasteiger partial charge in [-0.1, -0.05) is 0 Å². The summed E-state index contributed by atoms with van der Waals surface area (Å²) in [5.74, 6) is 0.669. The minimum Gasteiger partial charge on any atom is -0.468 e. The Bertz CT molecular complexity index is 685. The van der Waals surface area contributed by atoms with E-state index < -0.39 is 7.12 Å². The van der Waals surface area contributed by atoms with Crippen molar-refractivity contribution in [3.8, 4) is 5.75 Å². The molecule has 2 aromatic rings. The van der Waals surface area contributed by atoms with Crippen molar-refractivity contribution in [3.63, 3.8) is 0 Å². The van der Waals surface area contributed by atoms with Gasteiger partial charge in [-0.3, -0.25) is 4.68 Å². The highest BCUT2D eigenvalue weighted by atomic mass is 16.7. The van der Waals surface area contributed by atoms with Crippen molar-refractivity contribution in [1.82, 2.24) is 9.78 Å². The summed E-state index contributed by atoms with van der Waals surface area (Å²) in [5.41, 5.74) is 1.38. The highest BCUT2D eigenvalue weighted by Crippen LogP contribution is 2.29. The molecule has 0 saturated carbocycles. The van der Waals surface area contributed by atoms with Gasteiger partial charge in [0.15, 0.2) is 6.79 Å². The largest absolute Gasteiger partial charge is 0.498 e. The molecule has 2 heterocycles. The Morgan fingerprint density at radius 3 is 2.82 bits per heavy atom. The molecule has 3 rings (SSSR count). The molecule has 0 amide bonds. The maximum atomic E-state index is 6.05. The average molecular weight is 304 g/mol. The van der Waals surface area contributed by atoms with Crippen molar-refractivity contribution >= 4 is 23.5 Å². The second-order valence-corrected chi connectivity index (χ2v) is 6.13. The number of rotatable bonds is 4. The molecule has 118 valence electrons. The Balaban J connectivity index is 2.02. The Hall–Kier alpha value is -1.57. The van der Waals surface area contributed by atoms with Gasteiger partial charge in [0.1, 0.15) is 5.75 Å². The second-order valence-electron chi connectivity index (χ2n) is 6.13. The highest BCUT2D eigenvalue weighted by molar-refractivity contribution is 6.63. The van der Waals surface area contributed by atoms with Gasteiger partial charge >= 0.3 is 7.12 Å². The van der Waals surface area contributed by atoms with E-state index in [1.165, 1.54) is 0 Å². The smallest absolute Gasteiger partial charge is 0.468 e. The molecular weight excluding hydrogens is 283 g/mol. The Morgan fingerprint density at radius 1 is 1.41 bits per heavy atom. The van der Waals surface area contributed by atoms with Gasteiger partial charge in [0.05, 0.1) is 17.2 Å². The fourth-order valence-electron chi connectivity index (χ4n) is 2.51. The Morgan fingerprint density at radius 2 is 2.18 bits per heavy atom. The molecule has 1 atom stereocenters. The molecule has 1 aromatic carbocycles. The molecule has 22 heavy (non-hydrogen) atoms. The second kappa shape index (κ2) is 5.57. The molecule has 1 fully saturated rings. The molecule has 1 saturated heterocycles. The lowest BCUT2D eigenvalue weighted by molar-refractivity contribution is 0.0517. The van der Waals surface area contributed by atoms with Gasteiger partial charge in [-0.25, -0.2) is 0 Å². The summed E-state index contributed by atoms with van der Waals surface area (Å²) in [5, 5.41) is 5.43. The maximum absolute atomic E-state index is 6.05. The van der Waals surface area contributed by atoms with Gasteiger partial charge in [-0.2, -0.15) is 5.10 Å². The molecular formula is C15H21BN2O4.